The Kier molecular flexibility index (Phi) is 5.71. The third-order valence-corrected chi connectivity index (χ3v) is 5.29. The summed E-state index contributed by atoms with van der Waals surface area (Å²) < 4.78 is 1.66. The Morgan fingerprint density at radius 3 is 2.62 bits per heavy atom. The summed E-state index contributed by atoms with van der Waals surface area (Å²) >= 11 is 0. The Balaban J connectivity index is 1.68. The molecule has 3 rings (SSSR count). The van der Waals surface area contributed by atoms with Crippen molar-refractivity contribution >= 4 is 28.9 Å². The molecule has 0 saturated heterocycles. The minimum Gasteiger partial charge on any atom is -0.481 e. The van der Waals surface area contributed by atoms with Gasteiger partial charge in [-0.1, -0.05) is 13.8 Å². The molecule has 158 valence electrons. The molecule has 1 aliphatic carbocycles. The predicted molar refractivity (Wildman–Crippen MR) is 103 cm³/mol. The number of carboxylic acid groups (broad SMARTS) is 1. The highest BCUT2D eigenvalue weighted by Crippen LogP contribution is 2.32. The number of aliphatic hydroxyl groups excluding tert-OH is 2. The number of nitrogens with zero attached hydrogens (tertiary/aromatic N) is 4. The first-order valence-corrected chi connectivity index (χ1v) is 9.39. The first-order valence-electron chi connectivity index (χ1n) is 9.39. The van der Waals surface area contributed by atoms with E-state index < -0.39 is 35.7 Å². The van der Waals surface area contributed by atoms with Gasteiger partial charge in [0, 0.05) is 6.42 Å². The van der Waals surface area contributed by atoms with Crippen LogP contribution in [-0.2, 0) is 9.59 Å². The molecule has 29 heavy (non-hydrogen) atoms. The Hall–Kier alpha value is -2.79. The summed E-state index contributed by atoms with van der Waals surface area (Å²) in [5.41, 5.74) is 5.97. The van der Waals surface area contributed by atoms with Crippen LogP contribution in [0.2, 0.25) is 0 Å². The molecule has 2 aromatic rings. The smallest absolute Gasteiger partial charge is 0.303 e. The Labute approximate surface area is 167 Å². The number of carbonyl (C=O) groups excluding carboxylic acids is 1. The molecular formula is C18H26N6O5. The number of carboxylic acids is 1. The number of nitrogen functional groups attached to an aromatic ring is 1. The summed E-state index contributed by atoms with van der Waals surface area (Å²) in [6, 6.07) is -1.12. The van der Waals surface area contributed by atoms with Crippen LogP contribution in [-0.4, -0.2) is 65.0 Å². The van der Waals surface area contributed by atoms with Gasteiger partial charge in [-0.2, -0.15) is 0 Å². The number of nitrogens with one attached hydrogen (secondary N) is 1. The van der Waals surface area contributed by atoms with E-state index in [1.54, 1.807) is 18.4 Å². The number of hydrogen-bond acceptors (Lipinski definition) is 8. The van der Waals surface area contributed by atoms with E-state index in [1.807, 2.05) is 0 Å². The van der Waals surface area contributed by atoms with Gasteiger partial charge in [0.15, 0.2) is 11.5 Å². The van der Waals surface area contributed by atoms with Crippen LogP contribution in [0.15, 0.2) is 12.7 Å². The standard InChI is InChI=1S/C18H26N6O5/c1-18(2,6-12(26)27)5-11(25)23-9-3-4-10(15(29)14(9)28)24-8-22-13-16(19)20-7-21-17(13)24/h7-10,14-15,28-29H,3-6H2,1-2H3,(H,23,25)(H,26,27)(H2,19,20,21)/t9-,10-,14-,15-/m1/s1. The molecule has 4 atom stereocenters. The van der Waals surface area contributed by atoms with Crippen molar-refractivity contribution in [3.63, 3.8) is 0 Å². The number of hydrogen-bond donors (Lipinski definition) is 5. The van der Waals surface area contributed by atoms with Gasteiger partial charge in [-0.15, -0.1) is 0 Å². The minimum atomic E-state index is -1.20. The molecule has 11 nitrogen and oxygen atoms in total. The van der Waals surface area contributed by atoms with Gasteiger partial charge in [0.05, 0.1) is 24.8 Å². The van der Waals surface area contributed by atoms with E-state index in [4.69, 9.17) is 10.8 Å². The lowest BCUT2D eigenvalue weighted by molar-refractivity contribution is -0.139. The van der Waals surface area contributed by atoms with E-state index in [9.17, 15) is 19.8 Å². The molecule has 0 spiro atoms. The number of rotatable bonds is 6. The Morgan fingerprint density at radius 1 is 1.21 bits per heavy atom. The highest BCUT2D eigenvalue weighted by atomic mass is 16.4. The third-order valence-electron chi connectivity index (χ3n) is 5.29. The third kappa shape index (κ3) is 4.46. The van der Waals surface area contributed by atoms with Gasteiger partial charge in [0.1, 0.15) is 24.1 Å². The second kappa shape index (κ2) is 7.91. The molecule has 0 aliphatic heterocycles. The Morgan fingerprint density at radius 2 is 1.93 bits per heavy atom. The Bertz CT molecular complexity index is 913. The molecule has 1 fully saturated rings. The zero-order valence-corrected chi connectivity index (χ0v) is 16.3. The van der Waals surface area contributed by atoms with Gasteiger partial charge in [0.2, 0.25) is 5.91 Å². The van der Waals surface area contributed by atoms with Crippen molar-refractivity contribution in [2.24, 2.45) is 5.41 Å². The topological polar surface area (TPSA) is 176 Å². The zero-order valence-electron chi connectivity index (χ0n) is 16.3. The molecule has 0 unspecified atom stereocenters. The highest BCUT2D eigenvalue weighted by molar-refractivity contribution is 5.81. The van der Waals surface area contributed by atoms with E-state index in [2.05, 4.69) is 20.3 Å². The average Bonchev–Trinajstić information content (AvgIpc) is 3.03. The lowest BCUT2D eigenvalue weighted by Gasteiger charge is -2.38. The van der Waals surface area contributed by atoms with Crippen LogP contribution in [0.3, 0.4) is 0 Å². The fourth-order valence-corrected chi connectivity index (χ4v) is 3.90. The lowest BCUT2D eigenvalue weighted by Crippen LogP contribution is -2.54. The van der Waals surface area contributed by atoms with E-state index in [-0.39, 0.29) is 24.6 Å². The molecular weight excluding hydrogens is 380 g/mol. The number of imidazole rings is 1. The zero-order chi connectivity index (χ0) is 21.3. The number of aliphatic hydroxyl groups is 2. The summed E-state index contributed by atoms with van der Waals surface area (Å²) in [7, 11) is 0. The van der Waals surface area contributed by atoms with Crippen LogP contribution < -0.4 is 11.1 Å². The lowest BCUT2D eigenvalue weighted by atomic mass is 9.83. The maximum Gasteiger partial charge on any atom is 0.303 e. The molecule has 11 heteroatoms. The molecule has 1 saturated carbocycles. The quantitative estimate of drug-likeness (QED) is 0.436. The summed E-state index contributed by atoms with van der Waals surface area (Å²) in [6.45, 7) is 3.39. The van der Waals surface area contributed by atoms with Gasteiger partial charge >= 0.3 is 5.97 Å². The number of nitrogens with two attached hydrogens (primary N) is 1. The molecule has 2 heterocycles. The first kappa shape index (κ1) is 20.9. The molecule has 0 bridgehead atoms. The summed E-state index contributed by atoms with van der Waals surface area (Å²) in [4.78, 5) is 35.5. The van der Waals surface area contributed by atoms with Gasteiger partial charge < -0.3 is 30.9 Å². The molecule has 0 aromatic carbocycles. The SMILES string of the molecule is CC(C)(CC(=O)O)CC(=O)N[C@@H]1CC[C@@H](n2cnc3c(N)ncnc32)[C@@H](O)[C@@H]1O. The van der Waals surface area contributed by atoms with Gasteiger partial charge in [-0.05, 0) is 18.3 Å². The average molecular weight is 406 g/mol. The predicted octanol–water partition coefficient (Wildman–Crippen LogP) is -0.159. The molecule has 6 N–H and O–H groups in total. The van der Waals surface area contributed by atoms with Crippen LogP contribution in [0.25, 0.3) is 11.2 Å². The van der Waals surface area contributed by atoms with E-state index in [0.717, 1.165) is 0 Å². The van der Waals surface area contributed by atoms with E-state index >= 15 is 0 Å². The van der Waals surface area contributed by atoms with E-state index in [1.165, 1.54) is 12.7 Å². The van der Waals surface area contributed by atoms with Crippen LogP contribution >= 0.6 is 0 Å². The number of aromatic nitrogens is 4. The number of fused-ring (bicyclic) bond motifs is 1. The number of anilines is 1. The van der Waals surface area contributed by atoms with E-state index in [0.29, 0.717) is 24.0 Å². The van der Waals surface area contributed by atoms with Crippen molar-refractivity contribution in [3.8, 4) is 0 Å². The van der Waals surface area contributed by atoms with Crippen LogP contribution in [0, 0.1) is 5.41 Å². The highest BCUT2D eigenvalue weighted by Gasteiger charge is 2.40. The summed E-state index contributed by atoms with van der Waals surface area (Å²) in [5.74, 6) is -1.11. The number of amides is 1. The summed E-state index contributed by atoms with van der Waals surface area (Å²) in [6.07, 6.45) is 1.21. The maximum absolute atomic E-state index is 12.3. The molecule has 0 radical (unpaired) electrons. The first-order chi connectivity index (χ1) is 13.6. The largest absolute Gasteiger partial charge is 0.481 e. The van der Waals surface area contributed by atoms with Crippen LogP contribution in [0.4, 0.5) is 5.82 Å². The molecule has 2 aromatic heterocycles. The van der Waals surface area contributed by atoms with Crippen molar-refractivity contribution in [2.75, 3.05) is 5.73 Å². The second-order valence-corrected chi connectivity index (χ2v) is 8.29. The minimum absolute atomic E-state index is 0.00436. The van der Waals surface area contributed by atoms with Crippen LogP contribution in [0.5, 0.6) is 0 Å². The van der Waals surface area contributed by atoms with Crippen molar-refractivity contribution in [1.82, 2.24) is 24.8 Å². The van der Waals surface area contributed by atoms with Gasteiger partial charge in [0.25, 0.3) is 0 Å². The maximum atomic E-state index is 12.3. The van der Waals surface area contributed by atoms with Gasteiger partial charge in [-0.3, -0.25) is 9.59 Å². The number of aliphatic carboxylic acids is 1. The molecule has 1 amide bonds. The fourth-order valence-electron chi connectivity index (χ4n) is 3.90. The fraction of sp³-hybridized carbons (Fsp3) is 0.611. The van der Waals surface area contributed by atoms with Crippen molar-refractivity contribution in [3.05, 3.63) is 12.7 Å². The monoisotopic (exact) mass is 406 g/mol. The van der Waals surface area contributed by atoms with Crippen LogP contribution in [0.1, 0.15) is 45.6 Å². The van der Waals surface area contributed by atoms with Crippen molar-refractivity contribution in [2.45, 2.75) is 63.8 Å². The second-order valence-electron chi connectivity index (χ2n) is 8.29. The van der Waals surface area contributed by atoms with Crippen molar-refractivity contribution in [1.29, 1.82) is 0 Å². The summed E-state index contributed by atoms with van der Waals surface area (Å²) in [5, 5.41) is 32.9. The number of carbonyl (C=O) groups is 2. The normalized spacial score (nSPS) is 25.1. The molecule has 1 aliphatic rings. The van der Waals surface area contributed by atoms with Crippen molar-refractivity contribution < 1.29 is 24.9 Å². The van der Waals surface area contributed by atoms with Gasteiger partial charge in [-0.25, -0.2) is 15.0 Å².